The van der Waals surface area contributed by atoms with Crippen LogP contribution in [0.2, 0.25) is 0 Å². The van der Waals surface area contributed by atoms with E-state index < -0.39 is 9.84 Å². The summed E-state index contributed by atoms with van der Waals surface area (Å²) in [7, 11) is -3.22. The van der Waals surface area contributed by atoms with Crippen LogP contribution >= 0.6 is 0 Å². The van der Waals surface area contributed by atoms with Crippen LogP contribution in [0.3, 0.4) is 0 Å². The summed E-state index contributed by atoms with van der Waals surface area (Å²) < 4.78 is 27.3. The van der Waals surface area contributed by atoms with Crippen molar-refractivity contribution in [2.75, 3.05) is 6.26 Å². The van der Waals surface area contributed by atoms with Crippen LogP contribution in [0.4, 0.5) is 0 Å². The topological polar surface area (TPSA) is 95.6 Å². The lowest BCUT2D eigenvalue weighted by Crippen LogP contribution is -2.08. The Hall–Kier alpha value is -3.59. The Balaban J connectivity index is 1.56. The van der Waals surface area contributed by atoms with Gasteiger partial charge in [-0.05, 0) is 44.5 Å². The molecule has 0 radical (unpaired) electrons. The number of rotatable bonds is 5. The molecule has 0 fully saturated rings. The monoisotopic (exact) mass is 460 g/mol. The molecule has 8 nitrogen and oxygen atoms in total. The molecule has 0 spiro atoms. The molecule has 2 aromatic carbocycles. The van der Waals surface area contributed by atoms with Gasteiger partial charge in [-0.25, -0.2) is 13.1 Å². The van der Waals surface area contributed by atoms with Crippen LogP contribution in [0.1, 0.15) is 29.4 Å². The first-order valence-electron chi connectivity index (χ1n) is 10.7. The molecule has 9 heteroatoms. The average Bonchev–Trinajstić information content (AvgIpc) is 3.27. The van der Waals surface area contributed by atoms with Crippen LogP contribution in [-0.4, -0.2) is 44.2 Å². The number of aromatic nitrogens is 6. The predicted molar refractivity (Wildman–Crippen MR) is 127 cm³/mol. The molecule has 168 valence electrons. The van der Waals surface area contributed by atoms with Crippen LogP contribution in [0.5, 0.6) is 0 Å². The van der Waals surface area contributed by atoms with Gasteiger partial charge in [0.25, 0.3) is 5.95 Å². The Kier molecular flexibility index (Phi) is 5.01. The van der Waals surface area contributed by atoms with Crippen molar-refractivity contribution in [3.05, 3.63) is 71.0 Å². The van der Waals surface area contributed by atoms with E-state index in [1.807, 2.05) is 44.2 Å². The summed E-state index contributed by atoms with van der Waals surface area (Å²) in [6.45, 7) is 6.81. The number of hydrogen-bond acceptors (Lipinski definition) is 6. The molecule has 0 unspecified atom stereocenters. The Morgan fingerprint density at radius 1 is 0.970 bits per heavy atom. The molecular weight excluding hydrogens is 436 g/mol. The zero-order chi connectivity index (χ0) is 23.3. The Bertz CT molecular complexity index is 1610. The first kappa shape index (κ1) is 21.3. The minimum absolute atomic E-state index is 0.314. The van der Waals surface area contributed by atoms with Crippen molar-refractivity contribution in [1.29, 1.82) is 0 Å². The minimum Gasteiger partial charge on any atom is -0.324 e. The number of para-hydroxylation sites is 1. The van der Waals surface area contributed by atoms with Crippen LogP contribution in [0.25, 0.3) is 28.0 Å². The van der Waals surface area contributed by atoms with E-state index in [9.17, 15) is 8.42 Å². The predicted octanol–water partition coefficient (Wildman–Crippen LogP) is 3.80. The Labute approximate surface area is 191 Å². The van der Waals surface area contributed by atoms with Crippen molar-refractivity contribution in [1.82, 2.24) is 29.5 Å². The summed E-state index contributed by atoms with van der Waals surface area (Å²) in [4.78, 5) is 5.15. The molecule has 0 saturated carbocycles. The second-order valence-electron chi connectivity index (χ2n) is 8.20. The summed E-state index contributed by atoms with van der Waals surface area (Å²) in [5.41, 5.74) is 6.52. The lowest BCUT2D eigenvalue weighted by molar-refractivity contribution is 0.602. The summed E-state index contributed by atoms with van der Waals surface area (Å²) in [6, 6.07) is 15.1. The maximum atomic E-state index is 11.7. The summed E-state index contributed by atoms with van der Waals surface area (Å²) in [5.74, 6) is 0.430. The molecule has 0 aliphatic rings. The fourth-order valence-electron chi connectivity index (χ4n) is 4.29. The zero-order valence-corrected chi connectivity index (χ0v) is 19.8. The number of fused-ring (bicyclic) bond motifs is 3. The van der Waals surface area contributed by atoms with Crippen molar-refractivity contribution >= 4 is 31.9 Å². The van der Waals surface area contributed by atoms with Crippen molar-refractivity contribution < 1.29 is 8.42 Å². The standard InChI is InChI=1S/C24H24N6O2S/c1-5-29-21-9-7-6-8-19(21)22-23(29)25-24(27-26-22)30-16(3)20(15(2)28-30)14-17-10-12-18(13-11-17)33(4,31)32/h6-13H,5,14H2,1-4H3. The first-order chi connectivity index (χ1) is 15.8. The van der Waals surface area contributed by atoms with Gasteiger partial charge in [-0.2, -0.15) is 10.1 Å². The van der Waals surface area contributed by atoms with Crippen LogP contribution < -0.4 is 0 Å². The zero-order valence-electron chi connectivity index (χ0n) is 18.9. The molecule has 5 aromatic rings. The fraction of sp³-hybridized carbons (Fsp3) is 0.250. The maximum absolute atomic E-state index is 11.7. The lowest BCUT2D eigenvalue weighted by atomic mass is 10.0. The van der Waals surface area contributed by atoms with Gasteiger partial charge in [-0.3, -0.25) is 0 Å². The van der Waals surface area contributed by atoms with Gasteiger partial charge in [-0.1, -0.05) is 30.3 Å². The molecule has 0 amide bonds. The van der Waals surface area contributed by atoms with E-state index >= 15 is 0 Å². The molecular formula is C24H24N6O2S. The third-order valence-electron chi connectivity index (χ3n) is 6.04. The van der Waals surface area contributed by atoms with Gasteiger partial charge in [0.05, 0.1) is 16.1 Å². The highest BCUT2D eigenvalue weighted by atomic mass is 32.2. The first-order valence-corrected chi connectivity index (χ1v) is 12.6. The number of benzene rings is 2. The average molecular weight is 461 g/mol. The number of aryl methyl sites for hydroxylation is 2. The second-order valence-corrected chi connectivity index (χ2v) is 10.2. The van der Waals surface area contributed by atoms with Gasteiger partial charge in [0, 0.05) is 35.9 Å². The Morgan fingerprint density at radius 2 is 1.70 bits per heavy atom. The molecule has 0 N–H and O–H groups in total. The van der Waals surface area contributed by atoms with E-state index in [0.717, 1.165) is 51.1 Å². The molecule has 0 saturated heterocycles. The normalized spacial score (nSPS) is 12.1. The third kappa shape index (κ3) is 3.58. The molecule has 5 rings (SSSR count). The van der Waals surface area contributed by atoms with Crippen molar-refractivity contribution in [2.45, 2.75) is 38.6 Å². The lowest BCUT2D eigenvalue weighted by Gasteiger charge is -2.06. The van der Waals surface area contributed by atoms with Crippen LogP contribution in [0, 0.1) is 13.8 Å². The van der Waals surface area contributed by atoms with Crippen molar-refractivity contribution in [3.63, 3.8) is 0 Å². The number of hydrogen-bond donors (Lipinski definition) is 0. The smallest absolute Gasteiger partial charge is 0.272 e. The highest BCUT2D eigenvalue weighted by molar-refractivity contribution is 7.90. The van der Waals surface area contributed by atoms with E-state index in [2.05, 4.69) is 27.8 Å². The molecule has 0 aliphatic heterocycles. The molecule has 0 aliphatic carbocycles. The maximum Gasteiger partial charge on any atom is 0.272 e. The molecule has 0 atom stereocenters. The van der Waals surface area contributed by atoms with E-state index in [4.69, 9.17) is 10.1 Å². The van der Waals surface area contributed by atoms with E-state index in [-0.39, 0.29) is 0 Å². The van der Waals surface area contributed by atoms with Gasteiger partial charge in [-0.15, -0.1) is 10.2 Å². The van der Waals surface area contributed by atoms with Crippen LogP contribution in [0.15, 0.2) is 53.4 Å². The van der Waals surface area contributed by atoms with Crippen molar-refractivity contribution in [3.8, 4) is 5.95 Å². The van der Waals surface area contributed by atoms with E-state index in [1.165, 1.54) is 6.26 Å². The van der Waals surface area contributed by atoms with E-state index in [1.54, 1.807) is 16.8 Å². The minimum atomic E-state index is -3.22. The summed E-state index contributed by atoms with van der Waals surface area (Å²) in [5, 5.41) is 14.6. The van der Waals surface area contributed by atoms with Gasteiger partial charge < -0.3 is 4.57 Å². The SMILES string of the molecule is CCn1c2ccccc2c2nnc(-n3nc(C)c(Cc4ccc(S(C)(=O)=O)cc4)c3C)nc21. The van der Waals surface area contributed by atoms with Gasteiger partial charge in [0.1, 0.15) is 5.52 Å². The quantitative estimate of drug-likeness (QED) is 0.396. The van der Waals surface area contributed by atoms with Gasteiger partial charge in [0.15, 0.2) is 15.5 Å². The molecule has 33 heavy (non-hydrogen) atoms. The second kappa shape index (κ2) is 7.77. The number of nitrogens with zero attached hydrogens (tertiary/aromatic N) is 6. The molecule has 3 heterocycles. The Morgan fingerprint density at radius 3 is 2.39 bits per heavy atom. The van der Waals surface area contributed by atoms with Gasteiger partial charge in [0.2, 0.25) is 0 Å². The molecule has 3 aromatic heterocycles. The van der Waals surface area contributed by atoms with Crippen molar-refractivity contribution in [2.24, 2.45) is 0 Å². The summed E-state index contributed by atoms with van der Waals surface area (Å²) >= 11 is 0. The highest BCUT2D eigenvalue weighted by Crippen LogP contribution is 2.27. The largest absolute Gasteiger partial charge is 0.324 e. The van der Waals surface area contributed by atoms with Gasteiger partial charge >= 0.3 is 0 Å². The highest BCUT2D eigenvalue weighted by Gasteiger charge is 2.19. The number of sulfone groups is 1. The molecule has 0 bridgehead atoms. The fourth-order valence-corrected chi connectivity index (χ4v) is 4.92. The summed E-state index contributed by atoms with van der Waals surface area (Å²) in [6.07, 6.45) is 1.84. The van der Waals surface area contributed by atoms with E-state index in [0.29, 0.717) is 17.3 Å². The van der Waals surface area contributed by atoms with Crippen LogP contribution in [-0.2, 0) is 22.8 Å². The third-order valence-corrected chi connectivity index (χ3v) is 7.17.